The summed E-state index contributed by atoms with van der Waals surface area (Å²) in [5.74, 6) is 0.825. The van der Waals surface area contributed by atoms with Crippen LogP contribution in [0, 0.1) is 5.82 Å². The van der Waals surface area contributed by atoms with Gasteiger partial charge < -0.3 is 10.3 Å². The highest BCUT2D eigenvalue weighted by molar-refractivity contribution is 5.53. The van der Waals surface area contributed by atoms with E-state index in [4.69, 9.17) is 10.3 Å². The van der Waals surface area contributed by atoms with Crippen molar-refractivity contribution in [1.29, 1.82) is 0 Å². The third-order valence-electron chi connectivity index (χ3n) is 2.98. The zero-order chi connectivity index (χ0) is 12.5. The highest BCUT2D eigenvalue weighted by atomic mass is 19.1. The van der Waals surface area contributed by atoms with Crippen LogP contribution >= 0.6 is 0 Å². The van der Waals surface area contributed by atoms with Crippen molar-refractivity contribution in [3.8, 4) is 11.4 Å². The number of rotatable bonds is 2. The molecule has 0 saturated heterocycles. The second-order valence-corrected chi connectivity index (χ2v) is 4.35. The zero-order valence-electron chi connectivity index (χ0n) is 9.58. The highest BCUT2D eigenvalue weighted by Crippen LogP contribution is 2.28. The molecular weight excluding hydrogens is 233 g/mol. The number of hydrogen-bond acceptors (Lipinski definition) is 4. The largest absolute Gasteiger partial charge is 0.338 e. The Bertz CT molecular complexity index is 576. The molecule has 4 nitrogen and oxygen atoms in total. The van der Waals surface area contributed by atoms with Crippen molar-refractivity contribution in [2.24, 2.45) is 5.73 Å². The average Bonchev–Trinajstić information content (AvgIpc) is 2.98. The first-order chi connectivity index (χ1) is 8.72. The lowest BCUT2D eigenvalue weighted by atomic mass is 10.1. The molecule has 0 radical (unpaired) electrons. The van der Waals surface area contributed by atoms with Crippen molar-refractivity contribution in [3.05, 3.63) is 48.1 Å². The van der Waals surface area contributed by atoms with Crippen LogP contribution < -0.4 is 5.73 Å². The summed E-state index contributed by atoms with van der Waals surface area (Å²) in [6, 6.07) is 6.05. The number of nitrogens with two attached hydrogens (primary N) is 1. The van der Waals surface area contributed by atoms with Crippen LogP contribution in [0.1, 0.15) is 18.2 Å². The van der Waals surface area contributed by atoms with Crippen LogP contribution in [0.2, 0.25) is 0 Å². The fraction of sp³-hybridized carbons (Fsp3) is 0.231. The van der Waals surface area contributed by atoms with Crippen molar-refractivity contribution in [3.63, 3.8) is 0 Å². The molecule has 2 N–H and O–H groups in total. The second-order valence-electron chi connectivity index (χ2n) is 4.35. The van der Waals surface area contributed by atoms with Crippen LogP contribution in [0.4, 0.5) is 4.39 Å². The summed E-state index contributed by atoms with van der Waals surface area (Å²) in [6.07, 6.45) is 4.70. The van der Waals surface area contributed by atoms with E-state index in [-0.39, 0.29) is 17.8 Å². The maximum Gasteiger partial charge on any atom is 0.233 e. The number of nitrogens with zero attached hydrogens (tertiary/aromatic N) is 2. The summed E-state index contributed by atoms with van der Waals surface area (Å²) >= 11 is 0. The molecule has 2 aromatic rings. The third kappa shape index (κ3) is 2.04. The van der Waals surface area contributed by atoms with Crippen LogP contribution in [0.15, 0.2) is 40.9 Å². The minimum absolute atomic E-state index is 0.0520. The zero-order valence-corrected chi connectivity index (χ0v) is 9.58. The number of hydrogen-bond donors (Lipinski definition) is 1. The molecule has 0 aliphatic heterocycles. The molecule has 1 aromatic heterocycles. The third-order valence-corrected chi connectivity index (χ3v) is 2.98. The van der Waals surface area contributed by atoms with E-state index in [9.17, 15) is 4.39 Å². The summed E-state index contributed by atoms with van der Waals surface area (Å²) in [4.78, 5) is 4.32. The van der Waals surface area contributed by atoms with Crippen LogP contribution in [-0.2, 0) is 0 Å². The van der Waals surface area contributed by atoms with E-state index >= 15 is 0 Å². The molecule has 0 fully saturated rings. The van der Waals surface area contributed by atoms with Gasteiger partial charge in [0.15, 0.2) is 0 Å². The molecule has 1 aliphatic rings. The molecule has 1 aliphatic carbocycles. The number of allylic oxidation sites excluding steroid dienone is 1. The van der Waals surface area contributed by atoms with E-state index in [1.54, 1.807) is 12.1 Å². The minimum Gasteiger partial charge on any atom is -0.338 e. The maximum absolute atomic E-state index is 12.8. The van der Waals surface area contributed by atoms with Crippen molar-refractivity contribution in [2.75, 3.05) is 0 Å². The monoisotopic (exact) mass is 245 g/mol. The first-order valence-electron chi connectivity index (χ1n) is 5.76. The predicted octanol–water partition coefficient (Wildman–Crippen LogP) is 2.25. The Balaban J connectivity index is 1.85. The van der Waals surface area contributed by atoms with Gasteiger partial charge in [-0.1, -0.05) is 17.3 Å². The van der Waals surface area contributed by atoms with E-state index in [1.165, 1.54) is 12.1 Å². The summed E-state index contributed by atoms with van der Waals surface area (Å²) in [5.41, 5.74) is 6.51. The Morgan fingerprint density at radius 1 is 1.22 bits per heavy atom. The molecule has 0 saturated carbocycles. The molecule has 18 heavy (non-hydrogen) atoms. The lowest BCUT2D eigenvalue weighted by molar-refractivity contribution is 0.365. The Hall–Kier alpha value is -2.01. The molecule has 2 unspecified atom stereocenters. The number of benzene rings is 1. The van der Waals surface area contributed by atoms with Gasteiger partial charge in [0.2, 0.25) is 11.7 Å². The van der Waals surface area contributed by atoms with E-state index in [0.29, 0.717) is 11.7 Å². The fourth-order valence-corrected chi connectivity index (χ4v) is 2.01. The summed E-state index contributed by atoms with van der Waals surface area (Å²) in [6.45, 7) is 0. The minimum atomic E-state index is -0.285. The standard InChI is InChI=1S/C13H12FN3O/c14-10-4-1-8(2-5-10)12-16-13(18-17-12)9-3-6-11(15)7-9/h1-6,9,11H,7,15H2. The van der Waals surface area contributed by atoms with Gasteiger partial charge in [0.05, 0.1) is 5.92 Å². The van der Waals surface area contributed by atoms with Gasteiger partial charge in [-0.05, 0) is 30.7 Å². The second kappa shape index (κ2) is 4.34. The lowest BCUT2D eigenvalue weighted by Gasteiger charge is -2.01. The van der Waals surface area contributed by atoms with Gasteiger partial charge in [0.1, 0.15) is 5.82 Å². The molecule has 0 spiro atoms. The molecule has 2 atom stereocenters. The number of aromatic nitrogens is 2. The summed E-state index contributed by atoms with van der Waals surface area (Å²) in [7, 11) is 0. The molecule has 92 valence electrons. The van der Waals surface area contributed by atoms with Crippen LogP contribution in [-0.4, -0.2) is 16.2 Å². The van der Waals surface area contributed by atoms with Crippen LogP contribution in [0.25, 0.3) is 11.4 Å². The lowest BCUT2D eigenvalue weighted by Crippen LogP contribution is -2.14. The smallest absolute Gasteiger partial charge is 0.233 e. The van der Waals surface area contributed by atoms with Crippen molar-refractivity contribution < 1.29 is 8.91 Å². The Morgan fingerprint density at radius 3 is 2.67 bits per heavy atom. The van der Waals surface area contributed by atoms with E-state index in [2.05, 4.69) is 10.1 Å². The van der Waals surface area contributed by atoms with Gasteiger partial charge in [-0.25, -0.2) is 4.39 Å². The first kappa shape index (κ1) is 11.1. The van der Waals surface area contributed by atoms with Gasteiger partial charge in [-0.15, -0.1) is 0 Å². The molecule has 0 bridgehead atoms. The van der Waals surface area contributed by atoms with Crippen LogP contribution in [0.3, 0.4) is 0 Å². The first-order valence-corrected chi connectivity index (χ1v) is 5.76. The molecule has 3 rings (SSSR count). The van der Waals surface area contributed by atoms with Crippen molar-refractivity contribution in [2.45, 2.75) is 18.4 Å². The van der Waals surface area contributed by atoms with Gasteiger partial charge in [0, 0.05) is 11.6 Å². The molecule has 1 heterocycles. The highest BCUT2D eigenvalue weighted by Gasteiger charge is 2.23. The van der Waals surface area contributed by atoms with Crippen LogP contribution in [0.5, 0.6) is 0 Å². The topological polar surface area (TPSA) is 64.9 Å². The Kier molecular flexibility index (Phi) is 2.68. The molecule has 5 heteroatoms. The van der Waals surface area contributed by atoms with E-state index in [1.807, 2.05) is 12.2 Å². The van der Waals surface area contributed by atoms with Gasteiger partial charge >= 0.3 is 0 Å². The molecule has 0 amide bonds. The quantitative estimate of drug-likeness (QED) is 0.824. The van der Waals surface area contributed by atoms with Crippen molar-refractivity contribution >= 4 is 0 Å². The van der Waals surface area contributed by atoms with Gasteiger partial charge in [-0.3, -0.25) is 0 Å². The van der Waals surface area contributed by atoms with Gasteiger partial charge in [-0.2, -0.15) is 4.98 Å². The van der Waals surface area contributed by atoms with E-state index in [0.717, 1.165) is 12.0 Å². The normalized spacial score (nSPS) is 22.6. The van der Waals surface area contributed by atoms with Crippen molar-refractivity contribution in [1.82, 2.24) is 10.1 Å². The Labute approximate surface area is 103 Å². The maximum atomic E-state index is 12.8. The molecule has 1 aromatic carbocycles. The summed E-state index contributed by atoms with van der Waals surface area (Å²) < 4.78 is 18.0. The molecular formula is C13H12FN3O. The SMILES string of the molecule is NC1C=CC(c2nc(-c3ccc(F)cc3)no2)C1. The fourth-order valence-electron chi connectivity index (χ4n) is 2.01. The summed E-state index contributed by atoms with van der Waals surface area (Å²) in [5, 5.41) is 3.90. The average molecular weight is 245 g/mol. The predicted molar refractivity (Wildman–Crippen MR) is 64.2 cm³/mol. The van der Waals surface area contributed by atoms with Gasteiger partial charge in [0.25, 0.3) is 0 Å². The number of halogens is 1. The van der Waals surface area contributed by atoms with E-state index < -0.39 is 0 Å². The Morgan fingerprint density at radius 2 is 2.00 bits per heavy atom.